The highest BCUT2D eigenvalue weighted by molar-refractivity contribution is 5.93. The van der Waals surface area contributed by atoms with Crippen molar-refractivity contribution in [1.82, 2.24) is 10.2 Å². The molecule has 1 unspecified atom stereocenters. The van der Waals surface area contributed by atoms with Crippen molar-refractivity contribution in [2.24, 2.45) is 0 Å². The van der Waals surface area contributed by atoms with Crippen LogP contribution in [-0.2, 0) is 11.3 Å². The van der Waals surface area contributed by atoms with Crippen molar-refractivity contribution in [2.45, 2.75) is 52.0 Å². The van der Waals surface area contributed by atoms with Gasteiger partial charge in [0.05, 0.1) is 27.4 Å². The average molecular weight is 498 g/mol. The van der Waals surface area contributed by atoms with Crippen LogP contribution in [0.3, 0.4) is 0 Å². The van der Waals surface area contributed by atoms with E-state index >= 15 is 0 Å². The fraction of sp³-hybridized carbons (Fsp3) is 0.500. The number of hydrogen-bond acceptors (Lipinski definition) is 5. The maximum absolute atomic E-state index is 13.5. The van der Waals surface area contributed by atoms with E-state index in [1.54, 1.807) is 19.1 Å². The largest absolute Gasteiger partial charge is 0.496 e. The number of carbonyl (C=O) groups excluding carboxylic acids is 2. The topological polar surface area (TPSA) is 80.3 Å². The Balaban J connectivity index is 1.74. The predicted octanol–water partition coefficient (Wildman–Crippen LogP) is 4.95. The van der Waals surface area contributed by atoms with Gasteiger partial charge in [-0.05, 0) is 42.5 Å². The summed E-state index contributed by atoms with van der Waals surface area (Å²) in [6, 6.07) is 11.7. The molecule has 0 bridgehead atoms. The van der Waals surface area contributed by atoms with Gasteiger partial charge in [0.1, 0.15) is 5.75 Å². The third-order valence-electron chi connectivity index (χ3n) is 6.52. The number of nitrogens with zero attached hydrogens (tertiary/aromatic N) is 2. The van der Waals surface area contributed by atoms with Crippen LogP contribution in [0.15, 0.2) is 36.4 Å². The molecular formula is C28H39N3O5. The maximum Gasteiger partial charge on any atom is 0.324 e. The van der Waals surface area contributed by atoms with Gasteiger partial charge in [0, 0.05) is 37.0 Å². The quantitative estimate of drug-likeness (QED) is 0.295. The number of rotatable bonds is 14. The molecule has 0 aromatic heterocycles. The van der Waals surface area contributed by atoms with Gasteiger partial charge in [-0.2, -0.15) is 0 Å². The zero-order valence-corrected chi connectivity index (χ0v) is 21.9. The third-order valence-corrected chi connectivity index (χ3v) is 6.52. The summed E-state index contributed by atoms with van der Waals surface area (Å²) in [5, 5.41) is 2.72. The zero-order chi connectivity index (χ0) is 25.9. The number of unbranched alkanes of at least 4 members (excludes halogenated alkanes) is 2. The summed E-state index contributed by atoms with van der Waals surface area (Å²) in [6.45, 7) is 7.16. The Hall–Kier alpha value is -3.42. The minimum Gasteiger partial charge on any atom is -0.496 e. The SMILES string of the molecule is CCCCCOc1cc(N2CCCN(Cc3ccc(C(C)CNC=O)cc3OC)C2=O)ccc1OC. The monoisotopic (exact) mass is 497 g/mol. The van der Waals surface area contributed by atoms with Gasteiger partial charge in [0.25, 0.3) is 0 Å². The van der Waals surface area contributed by atoms with Crippen LogP contribution in [0, 0.1) is 0 Å². The molecule has 0 radical (unpaired) electrons. The van der Waals surface area contributed by atoms with Crippen LogP contribution in [0.1, 0.15) is 56.6 Å². The first-order chi connectivity index (χ1) is 17.5. The van der Waals surface area contributed by atoms with Crippen molar-refractivity contribution >= 4 is 18.1 Å². The van der Waals surface area contributed by atoms with E-state index in [2.05, 4.69) is 12.2 Å². The molecule has 2 aromatic carbocycles. The Morgan fingerprint density at radius 1 is 1.03 bits per heavy atom. The minimum atomic E-state index is -0.0435. The van der Waals surface area contributed by atoms with Crippen LogP contribution in [0.25, 0.3) is 0 Å². The van der Waals surface area contributed by atoms with Crippen LogP contribution in [0.4, 0.5) is 10.5 Å². The number of urea groups is 1. The Kier molecular flexibility index (Phi) is 10.3. The van der Waals surface area contributed by atoms with Gasteiger partial charge in [-0.15, -0.1) is 0 Å². The Morgan fingerprint density at radius 2 is 1.83 bits per heavy atom. The predicted molar refractivity (Wildman–Crippen MR) is 141 cm³/mol. The van der Waals surface area contributed by atoms with E-state index in [4.69, 9.17) is 14.2 Å². The molecule has 0 saturated carbocycles. The van der Waals surface area contributed by atoms with Crippen LogP contribution < -0.4 is 24.4 Å². The van der Waals surface area contributed by atoms with Crippen LogP contribution in [-0.4, -0.2) is 57.8 Å². The van der Waals surface area contributed by atoms with Gasteiger partial charge in [0.15, 0.2) is 11.5 Å². The second kappa shape index (κ2) is 13.6. The Labute approximate surface area is 214 Å². The Morgan fingerprint density at radius 3 is 2.56 bits per heavy atom. The number of amides is 3. The molecule has 1 heterocycles. The van der Waals surface area contributed by atoms with E-state index in [9.17, 15) is 9.59 Å². The normalized spacial score (nSPS) is 14.4. The van der Waals surface area contributed by atoms with E-state index in [-0.39, 0.29) is 11.9 Å². The molecule has 36 heavy (non-hydrogen) atoms. The molecule has 0 spiro atoms. The fourth-order valence-electron chi connectivity index (χ4n) is 4.39. The maximum atomic E-state index is 13.5. The van der Waals surface area contributed by atoms with Crippen molar-refractivity contribution < 1.29 is 23.8 Å². The van der Waals surface area contributed by atoms with Crippen LogP contribution >= 0.6 is 0 Å². The Bertz CT molecular complexity index is 1010. The number of anilines is 1. The molecule has 3 rings (SSSR count). The zero-order valence-electron chi connectivity index (χ0n) is 21.9. The van der Waals surface area contributed by atoms with Crippen molar-refractivity contribution in [2.75, 3.05) is 45.4 Å². The number of hydrogen-bond donors (Lipinski definition) is 1. The molecule has 8 nitrogen and oxygen atoms in total. The second-order valence-electron chi connectivity index (χ2n) is 9.10. The van der Waals surface area contributed by atoms with E-state index in [1.165, 1.54) is 0 Å². The smallest absolute Gasteiger partial charge is 0.324 e. The van der Waals surface area contributed by atoms with E-state index in [0.717, 1.165) is 48.2 Å². The molecule has 1 saturated heterocycles. The summed E-state index contributed by atoms with van der Waals surface area (Å²) >= 11 is 0. The molecule has 1 aliphatic rings. The number of methoxy groups -OCH3 is 2. The lowest BCUT2D eigenvalue weighted by Gasteiger charge is -2.36. The number of carbonyl (C=O) groups is 2. The molecule has 2 aromatic rings. The van der Waals surface area contributed by atoms with Crippen LogP contribution in [0.2, 0.25) is 0 Å². The summed E-state index contributed by atoms with van der Waals surface area (Å²) in [5.41, 5.74) is 2.82. The lowest BCUT2D eigenvalue weighted by Crippen LogP contribution is -2.49. The van der Waals surface area contributed by atoms with Gasteiger partial charge < -0.3 is 24.4 Å². The molecule has 196 valence electrons. The first kappa shape index (κ1) is 27.2. The van der Waals surface area contributed by atoms with E-state index < -0.39 is 0 Å². The van der Waals surface area contributed by atoms with Gasteiger partial charge in [-0.25, -0.2) is 4.79 Å². The van der Waals surface area contributed by atoms with E-state index in [1.807, 2.05) is 48.2 Å². The summed E-state index contributed by atoms with van der Waals surface area (Å²) in [5.74, 6) is 2.21. The molecule has 8 heteroatoms. The number of nitrogens with one attached hydrogen (secondary N) is 1. The molecular weight excluding hydrogens is 458 g/mol. The van der Waals surface area contributed by atoms with Crippen LogP contribution in [0.5, 0.6) is 17.2 Å². The third kappa shape index (κ3) is 6.83. The van der Waals surface area contributed by atoms with Gasteiger partial charge in [-0.3, -0.25) is 9.69 Å². The van der Waals surface area contributed by atoms with Crippen molar-refractivity contribution in [3.05, 3.63) is 47.5 Å². The lowest BCUT2D eigenvalue weighted by atomic mass is 9.98. The van der Waals surface area contributed by atoms with Crippen molar-refractivity contribution in [3.63, 3.8) is 0 Å². The van der Waals surface area contributed by atoms with Gasteiger partial charge in [-0.1, -0.05) is 38.8 Å². The highest BCUT2D eigenvalue weighted by Crippen LogP contribution is 2.34. The number of benzene rings is 2. The molecule has 1 aliphatic heterocycles. The van der Waals surface area contributed by atoms with E-state index in [0.29, 0.717) is 50.7 Å². The van der Waals surface area contributed by atoms with Gasteiger partial charge >= 0.3 is 6.03 Å². The fourth-order valence-corrected chi connectivity index (χ4v) is 4.39. The summed E-state index contributed by atoms with van der Waals surface area (Å²) < 4.78 is 17.1. The highest BCUT2D eigenvalue weighted by atomic mass is 16.5. The molecule has 3 amide bonds. The molecule has 1 atom stereocenters. The van der Waals surface area contributed by atoms with Crippen molar-refractivity contribution in [1.29, 1.82) is 0 Å². The summed E-state index contributed by atoms with van der Waals surface area (Å²) in [4.78, 5) is 27.8. The van der Waals surface area contributed by atoms with Gasteiger partial charge in [0.2, 0.25) is 6.41 Å². The first-order valence-electron chi connectivity index (χ1n) is 12.7. The number of ether oxygens (including phenoxy) is 3. The lowest BCUT2D eigenvalue weighted by molar-refractivity contribution is -0.109. The summed E-state index contributed by atoms with van der Waals surface area (Å²) in [7, 11) is 3.26. The second-order valence-corrected chi connectivity index (χ2v) is 9.10. The first-order valence-corrected chi connectivity index (χ1v) is 12.7. The minimum absolute atomic E-state index is 0.0435. The molecule has 0 aliphatic carbocycles. The molecule has 1 fully saturated rings. The summed E-state index contributed by atoms with van der Waals surface area (Å²) in [6.07, 6.45) is 4.79. The highest BCUT2D eigenvalue weighted by Gasteiger charge is 2.28. The van der Waals surface area contributed by atoms with Crippen molar-refractivity contribution in [3.8, 4) is 17.2 Å². The average Bonchev–Trinajstić information content (AvgIpc) is 2.91. The molecule has 1 N–H and O–H groups in total. The standard InChI is InChI=1S/C28H39N3O5/c1-5-6-7-15-36-27-17-24(11-12-25(27)34-3)31-14-8-13-30(28(31)33)19-23-10-9-22(16-26(23)35-4)21(2)18-29-20-32/h9-12,16-17,20-21H,5-8,13-15,18-19H2,1-4H3,(H,29,32).